The summed E-state index contributed by atoms with van der Waals surface area (Å²) in [6.07, 6.45) is 6.92. The van der Waals surface area contributed by atoms with Crippen LogP contribution in [0.4, 0.5) is 10.5 Å². The zero-order valence-corrected chi connectivity index (χ0v) is 16.5. The van der Waals surface area contributed by atoms with Crippen molar-refractivity contribution in [3.63, 3.8) is 0 Å². The maximum absolute atomic E-state index is 11.8. The molecule has 144 valence electrons. The number of carbonyl (C=O) groups is 1. The molecule has 1 aromatic carbocycles. The van der Waals surface area contributed by atoms with Crippen molar-refractivity contribution in [3.8, 4) is 5.75 Å². The predicted octanol–water partition coefficient (Wildman–Crippen LogP) is 0.123. The lowest BCUT2D eigenvalue weighted by molar-refractivity contribution is -0.858. The molecule has 1 rings (SSSR count). The molecule has 0 fully saturated rings. The van der Waals surface area contributed by atoms with E-state index in [2.05, 4.69) is 12.2 Å². The number of para-hydroxylation sites is 2. The third-order valence-electron chi connectivity index (χ3n) is 3.71. The summed E-state index contributed by atoms with van der Waals surface area (Å²) >= 11 is 0. The standard InChI is InChI=1S/C19H32N2O3.ClH/c1-4-5-6-7-8-11-15-23-18-13-10-9-12-17(18)20-19(22)24-16-14-21(2)3;/h9-10,12-13H,4-8,11,14-16H2,1-3H3,(H,20,22);1H. The van der Waals surface area contributed by atoms with Crippen LogP contribution < -0.4 is 27.4 Å². The van der Waals surface area contributed by atoms with E-state index in [9.17, 15) is 4.79 Å². The number of benzene rings is 1. The van der Waals surface area contributed by atoms with E-state index in [1.54, 1.807) is 0 Å². The summed E-state index contributed by atoms with van der Waals surface area (Å²) in [6.45, 7) is 4.07. The molecule has 0 aliphatic heterocycles. The number of likely N-dealkylation sites (N-methyl/N-ethyl adjacent to an activating group) is 1. The molecule has 0 radical (unpaired) electrons. The van der Waals surface area contributed by atoms with Crippen LogP contribution in [0, 0.1) is 0 Å². The van der Waals surface area contributed by atoms with E-state index in [0.717, 1.165) is 13.0 Å². The number of unbranched alkanes of at least 4 members (excludes halogenated alkanes) is 5. The quantitative estimate of drug-likeness (QED) is 0.512. The number of nitrogens with one attached hydrogen (secondary N) is 2. The summed E-state index contributed by atoms with van der Waals surface area (Å²) < 4.78 is 11.0. The maximum Gasteiger partial charge on any atom is 0.411 e. The molecule has 1 amide bonds. The molecule has 0 heterocycles. The van der Waals surface area contributed by atoms with Crippen molar-refractivity contribution in [2.45, 2.75) is 45.4 Å². The molecule has 0 unspecified atom stereocenters. The van der Waals surface area contributed by atoms with Crippen LogP contribution in [0.1, 0.15) is 45.4 Å². The van der Waals surface area contributed by atoms with Gasteiger partial charge in [0.05, 0.1) is 26.4 Å². The molecule has 0 spiro atoms. The minimum atomic E-state index is -0.438. The first-order chi connectivity index (χ1) is 11.6. The molecule has 0 aliphatic rings. The van der Waals surface area contributed by atoms with Gasteiger partial charge in [-0.05, 0) is 18.6 Å². The topological polar surface area (TPSA) is 52.0 Å². The summed E-state index contributed by atoms with van der Waals surface area (Å²) in [6, 6.07) is 7.48. The number of rotatable bonds is 12. The number of quaternary nitrogens is 1. The number of hydrogen-bond acceptors (Lipinski definition) is 3. The van der Waals surface area contributed by atoms with E-state index in [1.807, 2.05) is 38.4 Å². The van der Waals surface area contributed by atoms with Crippen LogP contribution in [0.5, 0.6) is 5.75 Å². The number of amides is 1. The van der Waals surface area contributed by atoms with Gasteiger partial charge in [-0.25, -0.2) is 4.79 Å². The molecule has 0 atom stereocenters. The molecule has 2 N–H and O–H groups in total. The number of hydrogen-bond donors (Lipinski definition) is 2. The first-order valence-electron chi connectivity index (χ1n) is 9.08. The molecule has 0 saturated heterocycles. The van der Waals surface area contributed by atoms with Crippen molar-refractivity contribution in [3.05, 3.63) is 24.3 Å². The van der Waals surface area contributed by atoms with Gasteiger partial charge in [0, 0.05) is 0 Å². The van der Waals surface area contributed by atoms with E-state index in [1.165, 1.54) is 37.0 Å². The Kier molecular flexibility index (Phi) is 14.0. The molecular formula is C19H33ClN2O3. The Morgan fingerprint density at radius 2 is 1.72 bits per heavy atom. The average Bonchev–Trinajstić information content (AvgIpc) is 2.55. The van der Waals surface area contributed by atoms with E-state index in [-0.39, 0.29) is 12.4 Å². The third-order valence-corrected chi connectivity index (χ3v) is 3.71. The molecule has 0 aromatic heterocycles. The zero-order chi connectivity index (χ0) is 17.6. The number of anilines is 1. The van der Waals surface area contributed by atoms with Gasteiger partial charge in [-0.3, -0.25) is 5.32 Å². The largest absolute Gasteiger partial charge is 1.00 e. The Morgan fingerprint density at radius 1 is 1.04 bits per heavy atom. The Hall–Kier alpha value is -1.46. The summed E-state index contributed by atoms with van der Waals surface area (Å²) in [5.41, 5.74) is 0.658. The van der Waals surface area contributed by atoms with E-state index in [0.29, 0.717) is 24.7 Å². The normalized spacial score (nSPS) is 10.2. The molecule has 5 nitrogen and oxygen atoms in total. The Bertz CT molecular complexity index is 470. The van der Waals surface area contributed by atoms with Gasteiger partial charge in [0.15, 0.2) is 0 Å². The summed E-state index contributed by atoms with van der Waals surface area (Å²) in [5, 5.41) is 2.76. The monoisotopic (exact) mass is 372 g/mol. The van der Waals surface area contributed by atoms with Crippen LogP contribution in [-0.4, -0.2) is 39.9 Å². The van der Waals surface area contributed by atoms with Gasteiger partial charge in [0.1, 0.15) is 18.9 Å². The van der Waals surface area contributed by atoms with E-state index in [4.69, 9.17) is 9.47 Å². The van der Waals surface area contributed by atoms with Crippen LogP contribution in [-0.2, 0) is 4.74 Å². The molecule has 0 saturated carbocycles. The second kappa shape index (κ2) is 14.8. The van der Waals surface area contributed by atoms with Crippen molar-refractivity contribution in [2.75, 3.05) is 39.2 Å². The third kappa shape index (κ3) is 11.7. The molecule has 0 aliphatic carbocycles. The average molecular weight is 373 g/mol. The first kappa shape index (κ1) is 23.5. The molecule has 0 bridgehead atoms. The maximum atomic E-state index is 11.8. The highest BCUT2D eigenvalue weighted by Gasteiger charge is 2.09. The van der Waals surface area contributed by atoms with Crippen LogP contribution in [0.25, 0.3) is 0 Å². The van der Waals surface area contributed by atoms with E-state index >= 15 is 0 Å². The van der Waals surface area contributed by atoms with Crippen LogP contribution >= 0.6 is 0 Å². The first-order valence-corrected chi connectivity index (χ1v) is 9.08. The van der Waals surface area contributed by atoms with Gasteiger partial charge < -0.3 is 26.8 Å². The highest BCUT2D eigenvalue weighted by atomic mass is 35.5. The Balaban J connectivity index is 0.00000576. The van der Waals surface area contributed by atoms with Gasteiger partial charge in [-0.15, -0.1) is 0 Å². The minimum Gasteiger partial charge on any atom is -1.00 e. The number of carbonyl (C=O) groups excluding carboxylic acids is 1. The number of halogens is 1. The molecular weight excluding hydrogens is 340 g/mol. The zero-order valence-electron chi connectivity index (χ0n) is 15.8. The van der Waals surface area contributed by atoms with Crippen molar-refractivity contribution in [1.29, 1.82) is 0 Å². The van der Waals surface area contributed by atoms with Crippen molar-refractivity contribution >= 4 is 11.8 Å². The van der Waals surface area contributed by atoms with Crippen molar-refractivity contribution < 1.29 is 31.6 Å². The van der Waals surface area contributed by atoms with Gasteiger partial charge in [-0.1, -0.05) is 51.2 Å². The number of ether oxygens (including phenoxy) is 2. The van der Waals surface area contributed by atoms with Gasteiger partial charge in [0.2, 0.25) is 0 Å². The molecule has 1 aromatic rings. The smallest absolute Gasteiger partial charge is 0.411 e. The van der Waals surface area contributed by atoms with Crippen molar-refractivity contribution in [2.24, 2.45) is 0 Å². The lowest BCUT2D eigenvalue weighted by Crippen LogP contribution is -3.06. The van der Waals surface area contributed by atoms with Crippen LogP contribution in [0.15, 0.2) is 24.3 Å². The lowest BCUT2D eigenvalue weighted by Gasteiger charge is -2.13. The summed E-state index contributed by atoms with van der Waals surface area (Å²) in [5.74, 6) is 0.696. The fourth-order valence-electron chi connectivity index (χ4n) is 2.25. The summed E-state index contributed by atoms with van der Waals surface area (Å²) in [4.78, 5) is 13.1. The predicted molar refractivity (Wildman–Crippen MR) is 98.0 cm³/mol. The highest BCUT2D eigenvalue weighted by Crippen LogP contribution is 2.24. The van der Waals surface area contributed by atoms with Gasteiger partial charge in [-0.2, -0.15) is 0 Å². The highest BCUT2D eigenvalue weighted by molar-refractivity contribution is 5.86. The second-order valence-electron chi connectivity index (χ2n) is 6.33. The van der Waals surface area contributed by atoms with E-state index < -0.39 is 6.09 Å². The van der Waals surface area contributed by atoms with Gasteiger partial charge in [0.25, 0.3) is 0 Å². The molecule has 25 heavy (non-hydrogen) atoms. The fourth-order valence-corrected chi connectivity index (χ4v) is 2.25. The van der Waals surface area contributed by atoms with Gasteiger partial charge >= 0.3 is 6.09 Å². The van der Waals surface area contributed by atoms with Crippen LogP contribution in [0.3, 0.4) is 0 Å². The van der Waals surface area contributed by atoms with Crippen molar-refractivity contribution in [1.82, 2.24) is 0 Å². The second-order valence-corrected chi connectivity index (χ2v) is 6.33. The Labute approximate surface area is 158 Å². The lowest BCUT2D eigenvalue weighted by atomic mass is 10.1. The summed E-state index contributed by atoms with van der Waals surface area (Å²) in [7, 11) is 4.04. The fraction of sp³-hybridized carbons (Fsp3) is 0.632. The van der Waals surface area contributed by atoms with Crippen LogP contribution in [0.2, 0.25) is 0 Å². The minimum absolute atomic E-state index is 0. The molecule has 6 heteroatoms. The SMILES string of the molecule is CCCCCCCCOc1ccccc1NC(=O)OCC[NH+](C)C.[Cl-]. The Morgan fingerprint density at radius 3 is 2.44 bits per heavy atom.